The van der Waals surface area contributed by atoms with Crippen LogP contribution in [0.4, 0.5) is 0 Å². The number of ether oxygens (including phenoxy) is 1. The molecule has 0 aliphatic rings. The zero-order valence-electron chi connectivity index (χ0n) is 22.2. The summed E-state index contributed by atoms with van der Waals surface area (Å²) in [6, 6.07) is 20.2. The van der Waals surface area contributed by atoms with Crippen LogP contribution in [-0.4, -0.2) is 33.0 Å². The van der Waals surface area contributed by atoms with Crippen molar-refractivity contribution in [3.05, 3.63) is 106 Å². The van der Waals surface area contributed by atoms with Crippen molar-refractivity contribution in [2.75, 3.05) is 6.61 Å². The van der Waals surface area contributed by atoms with Crippen molar-refractivity contribution in [3.8, 4) is 16.8 Å². The van der Waals surface area contributed by atoms with Crippen molar-refractivity contribution >= 4 is 44.6 Å². The normalized spacial score (nSPS) is 11.4. The van der Waals surface area contributed by atoms with Gasteiger partial charge in [0, 0.05) is 16.3 Å². The highest BCUT2D eigenvalue weighted by Crippen LogP contribution is 2.39. The van der Waals surface area contributed by atoms with Crippen molar-refractivity contribution in [1.29, 1.82) is 0 Å². The molecule has 0 saturated heterocycles. The Morgan fingerprint density at radius 1 is 0.975 bits per heavy atom. The maximum absolute atomic E-state index is 13.5. The standard InChI is InChI=1S/C32H26N4O4/c1-4-40-32(39)19-9-10-22-26(15-19)35-29-23(30(33)37)12-11-21(28(22)29)20-6-5-7-27(18(20)3)36-16-34-25-13-8-17(2)14-24(25)31(36)38/h5-16,35H,4H2,1-3H3,(H2,33,37). The molecule has 198 valence electrons. The van der Waals surface area contributed by atoms with E-state index in [-0.39, 0.29) is 12.2 Å². The van der Waals surface area contributed by atoms with E-state index in [1.807, 2.05) is 62.4 Å². The number of nitrogens with zero attached hydrogens (tertiary/aromatic N) is 2. The SMILES string of the molecule is CCOC(=O)c1ccc2c(c1)[nH]c1c(C(N)=O)ccc(-c3cccc(-n4cnc5ccc(C)cc5c4=O)c3C)c12. The first-order chi connectivity index (χ1) is 19.3. The van der Waals surface area contributed by atoms with Crippen LogP contribution in [0.1, 0.15) is 38.8 Å². The van der Waals surface area contributed by atoms with E-state index in [4.69, 9.17) is 10.5 Å². The number of amides is 1. The van der Waals surface area contributed by atoms with Gasteiger partial charge in [-0.3, -0.25) is 14.2 Å². The predicted molar refractivity (Wildman–Crippen MR) is 156 cm³/mol. The summed E-state index contributed by atoms with van der Waals surface area (Å²) in [5.41, 5.74) is 12.5. The smallest absolute Gasteiger partial charge is 0.338 e. The number of carbonyl (C=O) groups excluding carboxylic acids is 2. The van der Waals surface area contributed by atoms with E-state index in [1.54, 1.807) is 36.0 Å². The van der Waals surface area contributed by atoms with E-state index in [1.165, 1.54) is 0 Å². The molecule has 0 aliphatic heterocycles. The molecule has 6 rings (SSSR count). The lowest BCUT2D eigenvalue weighted by atomic mass is 9.93. The maximum atomic E-state index is 13.5. The molecule has 0 saturated carbocycles. The molecule has 0 unspecified atom stereocenters. The van der Waals surface area contributed by atoms with Crippen LogP contribution >= 0.6 is 0 Å². The molecule has 8 nitrogen and oxygen atoms in total. The molecular weight excluding hydrogens is 504 g/mol. The van der Waals surface area contributed by atoms with Crippen LogP contribution in [-0.2, 0) is 4.74 Å². The molecule has 6 aromatic rings. The quantitative estimate of drug-likeness (QED) is 0.282. The number of aryl methyl sites for hydroxylation is 1. The van der Waals surface area contributed by atoms with Gasteiger partial charge in [0.2, 0.25) is 0 Å². The van der Waals surface area contributed by atoms with E-state index < -0.39 is 11.9 Å². The van der Waals surface area contributed by atoms with Crippen molar-refractivity contribution in [2.45, 2.75) is 20.8 Å². The van der Waals surface area contributed by atoms with Gasteiger partial charge >= 0.3 is 5.97 Å². The number of nitrogens with one attached hydrogen (secondary N) is 1. The van der Waals surface area contributed by atoms with Crippen molar-refractivity contribution in [3.63, 3.8) is 0 Å². The van der Waals surface area contributed by atoms with Gasteiger partial charge < -0.3 is 15.5 Å². The first-order valence-corrected chi connectivity index (χ1v) is 12.9. The number of hydrogen-bond donors (Lipinski definition) is 2. The Hall–Kier alpha value is -5.24. The molecule has 2 aromatic heterocycles. The Kier molecular flexibility index (Phi) is 5.95. The first kappa shape index (κ1) is 25.1. The van der Waals surface area contributed by atoms with Gasteiger partial charge in [0.15, 0.2) is 0 Å². The number of nitrogens with two attached hydrogens (primary N) is 1. The van der Waals surface area contributed by atoms with Crippen LogP contribution in [0.5, 0.6) is 0 Å². The second-order valence-electron chi connectivity index (χ2n) is 9.77. The van der Waals surface area contributed by atoms with Gasteiger partial charge in [-0.15, -0.1) is 0 Å². The molecule has 4 aromatic carbocycles. The van der Waals surface area contributed by atoms with E-state index >= 15 is 0 Å². The third kappa shape index (κ3) is 3.92. The minimum atomic E-state index is -0.566. The molecule has 2 heterocycles. The van der Waals surface area contributed by atoms with Crippen LogP contribution in [0.25, 0.3) is 49.5 Å². The average molecular weight is 531 g/mol. The fourth-order valence-corrected chi connectivity index (χ4v) is 5.37. The molecule has 0 atom stereocenters. The molecule has 40 heavy (non-hydrogen) atoms. The van der Waals surface area contributed by atoms with Gasteiger partial charge in [-0.1, -0.05) is 35.9 Å². The Morgan fingerprint density at radius 2 is 1.80 bits per heavy atom. The van der Waals surface area contributed by atoms with E-state index in [0.717, 1.165) is 33.0 Å². The zero-order chi connectivity index (χ0) is 28.1. The molecule has 0 bridgehead atoms. The minimum absolute atomic E-state index is 0.151. The fraction of sp³-hybridized carbons (Fsp3) is 0.125. The van der Waals surface area contributed by atoms with Crippen LogP contribution in [0.3, 0.4) is 0 Å². The fourth-order valence-electron chi connectivity index (χ4n) is 5.37. The molecule has 0 radical (unpaired) electrons. The third-order valence-corrected chi connectivity index (χ3v) is 7.30. The second-order valence-corrected chi connectivity index (χ2v) is 9.77. The second kappa shape index (κ2) is 9.50. The number of carbonyl (C=O) groups is 2. The summed E-state index contributed by atoms with van der Waals surface area (Å²) in [4.78, 5) is 46.1. The minimum Gasteiger partial charge on any atom is -0.462 e. The van der Waals surface area contributed by atoms with Crippen LogP contribution < -0.4 is 11.3 Å². The first-order valence-electron chi connectivity index (χ1n) is 12.9. The summed E-state index contributed by atoms with van der Waals surface area (Å²) in [6.07, 6.45) is 1.56. The third-order valence-electron chi connectivity index (χ3n) is 7.30. The van der Waals surface area contributed by atoms with Crippen LogP contribution in [0, 0.1) is 13.8 Å². The van der Waals surface area contributed by atoms with E-state index in [9.17, 15) is 14.4 Å². The molecule has 0 spiro atoms. The Balaban J connectivity index is 1.60. The number of H-pyrrole nitrogens is 1. The molecule has 8 heteroatoms. The van der Waals surface area contributed by atoms with Crippen molar-refractivity contribution in [2.24, 2.45) is 5.73 Å². The lowest BCUT2D eigenvalue weighted by Gasteiger charge is -2.15. The summed E-state index contributed by atoms with van der Waals surface area (Å²) in [5, 5.41) is 2.17. The van der Waals surface area contributed by atoms with Crippen LogP contribution in [0.2, 0.25) is 0 Å². The van der Waals surface area contributed by atoms with Gasteiger partial charge in [-0.25, -0.2) is 9.78 Å². The number of hydrogen-bond acceptors (Lipinski definition) is 5. The van der Waals surface area contributed by atoms with Crippen molar-refractivity contribution in [1.82, 2.24) is 14.5 Å². The topological polar surface area (TPSA) is 120 Å². The number of aromatic nitrogens is 3. The molecule has 0 fully saturated rings. The number of rotatable bonds is 5. The van der Waals surface area contributed by atoms with Crippen molar-refractivity contribution < 1.29 is 14.3 Å². The molecular formula is C32H26N4O4. The van der Waals surface area contributed by atoms with Gasteiger partial charge in [0.1, 0.15) is 6.33 Å². The molecule has 0 aliphatic carbocycles. The zero-order valence-corrected chi connectivity index (χ0v) is 22.2. The summed E-state index contributed by atoms with van der Waals surface area (Å²) in [6.45, 7) is 5.92. The van der Waals surface area contributed by atoms with Gasteiger partial charge in [-0.05, 0) is 73.9 Å². The van der Waals surface area contributed by atoms with E-state index in [2.05, 4.69) is 9.97 Å². The number of primary amides is 1. The predicted octanol–water partition coefficient (Wildman–Crippen LogP) is 5.58. The Bertz CT molecular complexity index is 2070. The molecule has 3 N–H and O–H groups in total. The summed E-state index contributed by atoms with van der Waals surface area (Å²) in [5.74, 6) is -0.991. The number of benzene rings is 4. The highest BCUT2D eigenvalue weighted by molar-refractivity contribution is 6.20. The largest absolute Gasteiger partial charge is 0.462 e. The Labute approximate surface area is 229 Å². The van der Waals surface area contributed by atoms with Gasteiger partial charge in [-0.2, -0.15) is 0 Å². The van der Waals surface area contributed by atoms with Gasteiger partial charge in [0.05, 0.1) is 39.8 Å². The highest BCUT2D eigenvalue weighted by atomic mass is 16.5. The number of fused-ring (bicyclic) bond motifs is 4. The summed E-state index contributed by atoms with van der Waals surface area (Å²) in [7, 11) is 0. The lowest BCUT2D eigenvalue weighted by molar-refractivity contribution is 0.0526. The van der Waals surface area contributed by atoms with E-state index in [0.29, 0.717) is 38.8 Å². The lowest BCUT2D eigenvalue weighted by Crippen LogP contribution is -2.20. The number of aromatic amines is 1. The molecule has 1 amide bonds. The highest BCUT2D eigenvalue weighted by Gasteiger charge is 2.20. The van der Waals surface area contributed by atoms with Gasteiger partial charge in [0.25, 0.3) is 11.5 Å². The summed E-state index contributed by atoms with van der Waals surface area (Å²) < 4.78 is 6.73. The average Bonchev–Trinajstić information content (AvgIpc) is 3.32. The summed E-state index contributed by atoms with van der Waals surface area (Å²) >= 11 is 0. The maximum Gasteiger partial charge on any atom is 0.338 e. The van der Waals surface area contributed by atoms with Crippen LogP contribution in [0.15, 0.2) is 77.9 Å². The monoisotopic (exact) mass is 530 g/mol. The number of esters is 1. The Morgan fingerprint density at radius 3 is 2.58 bits per heavy atom.